The van der Waals surface area contributed by atoms with Gasteiger partial charge in [0.2, 0.25) is 0 Å². The highest BCUT2D eigenvalue weighted by atomic mass is 16.5. The number of rotatable bonds is 6. The molecule has 32 heavy (non-hydrogen) atoms. The second-order valence-electron chi connectivity index (χ2n) is 8.22. The molecule has 1 aromatic carbocycles. The Morgan fingerprint density at radius 2 is 1.81 bits per heavy atom. The van der Waals surface area contributed by atoms with Crippen LogP contribution in [0.4, 0.5) is 11.6 Å². The third-order valence-corrected chi connectivity index (χ3v) is 5.83. The molecule has 0 spiro atoms. The van der Waals surface area contributed by atoms with E-state index >= 15 is 0 Å². The van der Waals surface area contributed by atoms with E-state index in [1.807, 2.05) is 13.8 Å². The van der Waals surface area contributed by atoms with Crippen LogP contribution in [0.25, 0.3) is 11.3 Å². The molecule has 0 amide bonds. The Labute approximate surface area is 188 Å². The number of aryl methyl sites for hydroxylation is 2. The van der Waals surface area contributed by atoms with Crippen molar-refractivity contribution in [3.05, 3.63) is 52.3 Å². The summed E-state index contributed by atoms with van der Waals surface area (Å²) in [5.41, 5.74) is 19.6. The SMILES string of the molecule is CCOc1c(N)ncc(C)c1COc1nc(-c2cc(C)c3c(c2)CN(C)CC3)cnc1N. The fourth-order valence-corrected chi connectivity index (χ4v) is 4.10. The topological polar surface area (TPSA) is 112 Å². The van der Waals surface area contributed by atoms with Crippen LogP contribution in [-0.4, -0.2) is 40.1 Å². The molecule has 0 saturated carbocycles. The van der Waals surface area contributed by atoms with Crippen LogP contribution in [0.15, 0.2) is 24.5 Å². The summed E-state index contributed by atoms with van der Waals surface area (Å²) in [4.78, 5) is 15.5. The Morgan fingerprint density at radius 3 is 2.59 bits per heavy atom. The zero-order valence-corrected chi connectivity index (χ0v) is 19.1. The summed E-state index contributed by atoms with van der Waals surface area (Å²) in [6.45, 7) is 8.68. The van der Waals surface area contributed by atoms with Gasteiger partial charge in [-0.1, -0.05) is 0 Å². The second kappa shape index (κ2) is 9.00. The van der Waals surface area contributed by atoms with Gasteiger partial charge < -0.3 is 25.8 Å². The molecule has 0 aliphatic carbocycles. The van der Waals surface area contributed by atoms with E-state index in [2.05, 4.69) is 46.0 Å². The molecule has 1 aliphatic rings. The lowest BCUT2D eigenvalue weighted by molar-refractivity contribution is 0.278. The van der Waals surface area contributed by atoms with Crippen LogP contribution >= 0.6 is 0 Å². The average Bonchev–Trinajstić information content (AvgIpc) is 2.76. The van der Waals surface area contributed by atoms with E-state index in [-0.39, 0.29) is 18.3 Å². The molecule has 4 N–H and O–H groups in total. The molecule has 3 heterocycles. The van der Waals surface area contributed by atoms with E-state index < -0.39 is 0 Å². The lowest BCUT2D eigenvalue weighted by Crippen LogP contribution is -2.27. The number of aromatic nitrogens is 3. The summed E-state index contributed by atoms with van der Waals surface area (Å²) < 4.78 is 11.7. The summed E-state index contributed by atoms with van der Waals surface area (Å²) in [5.74, 6) is 1.39. The molecule has 0 atom stereocenters. The number of benzene rings is 1. The van der Waals surface area contributed by atoms with Crippen LogP contribution in [0.5, 0.6) is 11.6 Å². The van der Waals surface area contributed by atoms with Gasteiger partial charge in [0.15, 0.2) is 17.4 Å². The van der Waals surface area contributed by atoms with Crippen molar-refractivity contribution in [2.45, 2.75) is 40.3 Å². The molecule has 8 nitrogen and oxygen atoms in total. The molecule has 168 valence electrons. The highest BCUT2D eigenvalue weighted by molar-refractivity contribution is 5.64. The molecule has 0 saturated heterocycles. The minimum Gasteiger partial charge on any atom is -0.490 e. The molecular weight excluding hydrogens is 404 g/mol. The number of nitrogen functional groups attached to an aromatic ring is 2. The smallest absolute Gasteiger partial charge is 0.258 e. The predicted octanol–water partition coefficient (Wildman–Crippen LogP) is 3.29. The molecule has 4 rings (SSSR count). The summed E-state index contributed by atoms with van der Waals surface area (Å²) >= 11 is 0. The first-order valence-corrected chi connectivity index (χ1v) is 10.8. The minimum atomic E-state index is 0.199. The Balaban J connectivity index is 1.63. The minimum absolute atomic E-state index is 0.199. The van der Waals surface area contributed by atoms with Crippen LogP contribution in [0.1, 0.15) is 34.7 Å². The van der Waals surface area contributed by atoms with Crippen molar-refractivity contribution in [3.8, 4) is 22.9 Å². The third kappa shape index (κ3) is 4.31. The van der Waals surface area contributed by atoms with E-state index in [4.69, 9.17) is 20.9 Å². The molecule has 0 unspecified atom stereocenters. The van der Waals surface area contributed by atoms with Crippen molar-refractivity contribution in [2.24, 2.45) is 0 Å². The Kier molecular flexibility index (Phi) is 6.14. The van der Waals surface area contributed by atoms with E-state index in [1.165, 1.54) is 16.7 Å². The average molecular weight is 435 g/mol. The lowest BCUT2D eigenvalue weighted by atomic mass is 9.92. The van der Waals surface area contributed by atoms with E-state index in [9.17, 15) is 0 Å². The Morgan fingerprint density at radius 1 is 1.03 bits per heavy atom. The normalized spacial score (nSPS) is 13.6. The van der Waals surface area contributed by atoms with Gasteiger partial charge in [-0.3, -0.25) is 0 Å². The second-order valence-corrected chi connectivity index (χ2v) is 8.22. The number of hydrogen-bond acceptors (Lipinski definition) is 8. The highest BCUT2D eigenvalue weighted by Crippen LogP contribution is 2.32. The molecule has 0 fully saturated rings. The fourth-order valence-electron chi connectivity index (χ4n) is 4.10. The molecule has 1 aliphatic heterocycles. The summed E-state index contributed by atoms with van der Waals surface area (Å²) in [7, 11) is 2.14. The number of likely N-dealkylation sites (N-methyl/N-ethyl adjacent to an activating group) is 1. The molecular formula is C24H30N6O2. The maximum Gasteiger partial charge on any atom is 0.258 e. The number of hydrogen-bond donors (Lipinski definition) is 2. The summed E-state index contributed by atoms with van der Waals surface area (Å²) in [5, 5.41) is 0. The van der Waals surface area contributed by atoms with Crippen molar-refractivity contribution in [2.75, 3.05) is 31.7 Å². The predicted molar refractivity (Wildman–Crippen MR) is 126 cm³/mol. The maximum atomic E-state index is 6.08. The monoisotopic (exact) mass is 434 g/mol. The zero-order chi connectivity index (χ0) is 22.8. The first kappa shape index (κ1) is 21.8. The third-order valence-electron chi connectivity index (χ3n) is 5.83. The molecule has 8 heteroatoms. The Bertz CT molecular complexity index is 1150. The van der Waals surface area contributed by atoms with Crippen LogP contribution < -0.4 is 20.9 Å². The van der Waals surface area contributed by atoms with Gasteiger partial charge in [0, 0.05) is 30.4 Å². The van der Waals surface area contributed by atoms with Gasteiger partial charge in [0.25, 0.3) is 5.88 Å². The van der Waals surface area contributed by atoms with Gasteiger partial charge in [0.05, 0.1) is 18.5 Å². The first-order valence-electron chi connectivity index (χ1n) is 10.8. The summed E-state index contributed by atoms with van der Waals surface area (Å²) in [6.07, 6.45) is 4.46. The van der Waals surface area contributed by atoms with Gasteiger partial charge in [-0.2, -0.15) is 0 Å². The fraction of sp³-hybridized carbons (Fsp3) is 0.375. The van der Waals surface area contributed by atoms with Gasteiger partial charge in [-0.05, 0) is 68.6 Å². The number of anilines is 2. The number of ether oxygens (including phenoxy) is 2. The number of nitrogens with two attached hydrogens (primary N) is 2. The van der Waals surface area contributed by atoms with Gasteiger partial charge >= 0.3 is 0 Å². The van der Waals surface area contributed by atoms with Crippen LogP contribution in [0.3, 0.4) is 0 Å². The standard InChI is InChI=1S/C24H30N6O2/c1-5-31-21-19(15(3)10-27-22(21)25)13-32-24-23(26)28-11-20(29-24)16-8-14(2)18-6-7-30(4)12-17(18)9-16/h8-11H,5-7,12-13H2,1-4H3,(H2,25,27)(H2,26,28). The van der Waals surface area contributed by atoms with Gasteiger partial charge in [0.1, 0.15) is 6.61 Å². The van der Waals surface area contributed by atoms with Gasteiger partial charge in [-0.15, -0.1) is 0 Å². The van der Waals surface area contributed by atoms with E-state index in [0.29, 0.717) is 18.2 Å². The summed E-state index contributed by atoms with van der Waals surface area (Å²) in [6, 6.07) is 4.36. The maximum absolute atomic E-state index is 6.08. The largest absolute Gasteiger partial charge is 0.490 e. The van der Waals surface area contributed by atoms with Crippen molar-refractivity contribution >= 4 is 11.6 Å². The van der Waals surface area contributed by atoms with Crippen molar-refractivity contribution < 1.29 is 9.47 Å². The van der Waals surface area contributed by atoms with Crippen molar-refractivity contribution in [1.29, 1.82) is 0 Å². The first-order chi connectivity index (χ1) is 15.4. The zero-order valence-electron chi connectivity index (χ0n) is 19.1. The molecule has 3 aromatic rings. The van der Waals surface area contributed by atoms with Crippen LogP contribution in [-0.2, 0) is 19.6 Å². The van der Waals surface area contributed by atoms with Crippen molar-refractivity contribution in [3.63, 3.8) is 0 Å². The van der Waals surface area contributed by atoms with E-state index in [0.717, 1.165) is 41.9 Å². The number of pyridine rings is 1. The number of nitrogens with zero attached hydrogens (tertiary/aromatic N) is 4. The lowest BCUT2D eigenvalue weighted by Gasteiger charge is -2.27. The quantitative estimate of drug-likeness (QED) is 0.608. The van der Waals surface area contributed by atoms with Crippen LogP contribution in [0.2, 0.25) is 0 Å². The number of fused-ring (bicyclic) bond motifs is 1. The Hall–Kier alpha value is -3.39. The van der Waals surface area contributed by atoms with E-state index in [1.54, 1.807) is 12.4 Å². The highest BCUT2D eigenvalue weighted by Gasteiger charge is 2.18. The van der Waals surface area contributed by atoms with Crippen LogP contribution in [0, 0.1) is 13.8 Å². The molecule has 0 radical (unpaired) electrons. The van der Waals surface area contributed by atoms with Crippen molar-refractivity contribution in [1.82, 2.24) is 19.9 Å². The molecule has 0 bridgehead atoms. The molecule has 2 aromatic heterocycles. The van der Waals surface area contributed by atoms with Gasteiger partial charge in [-0.25, -0.2) is 15.0 Å².